The molecule has 6 heteroatoms. The van der Waals surface area contributed by atoms with Crippen LogP contribution in [0.5, 0.6) is 0 Å². The number of hydrogen-bond donors (Lipinski definition) is 1. The molecule has 0 aliphatic heterocycles. The van der Waals surface area contributed by atoms with E-state index in [9.17, 15) is 4.79 Å². The summed E-state index contributed by atoms with van der Waals surface area (Å²) in [4.78, 5) is 16.6. The summed E-state index contributed by atoms with van der Waals surface area (Å²) in [6, 6.07) is 8.03. The lowest BCUT2D eigenvalue weighted by molar-refractivity contribution is 0.0952. The summed E-state index contributed by atoms with van der Waals surface area (Å²) < 4.78 is 6.17. The minimum absolute atomic E-state index is 0.146. The first-order chi connectivity index (χ1) is 10.1. The average molecular weight is 301 g/mol. The highest BCUT2D eigenvalue weighted by atomic mass is 32.1. The number of carbonyl (C=O) groups excluding carboxylic acids is 1. The van der Waals surface area contributed by atoms with Crippen LogP contribution in [-0.4, -0.2) is 22.6 Å². The Morgan fingerprint density at radius 2 is 2.14 bits per heavy atom. The summed E-state index contributed by atoms with van der Waals surface area (Å²) in [5.41, 5.74) is 2.15. The molecule has 2 aromatic heterocycles. The summed E-state index contributed by atoms with van der Waals surface area (Å²) in [6.07, 6.45) is 0.717. The van der Waals surface area contributed by atoms with Gasteiger partial charge in [0.2, 0.25) is 0 Å². The zero-order valence-electron chi connectivity index (χ0n) is 11.8. The van der Waals surface area contributed by atoms with E-state index in [1.54, 1.807) is 25.2 Å². The van der Waals surface area contributed by atoms with Gasteiger partial charge in [-0.2, -0.15) is 0 Å². The Labute approximate surface area is 126 Å². The molecule has 1 N–H and O–H groups in total. The fraction of sp³-hybridized carbons (Fsp3) is 0.267. The molecule has 0 atom stereocenters. The Bertz CT molecular complexity index is 739. The van der Waals surface area contributed by atoms with E-state index in [1.165, 1.54) is 4.70 Å². The van der Waals surface area contributed by atoms with Crippen LogP contribution in [0, 0.1) is 13.8 Å². The third-order valence-corrected chi connectivity index (χ3v) is 4.32. The standard InChI is InChI=1S/C15H15N3O2S/c1-9-14(10(2)20-18-9)15(19)16-8-7-13-17-11-5-3-4-6-12(11)21-13/h3-6H,7-8H2,1-2H3,(H,16,19). The van der Waals surface area contributed by atoms with Crippen molar-refractivity contribution in [2.45, 2.75) is 20.3 Å². The number of thiazole rings is 1. The van der Waals surface area contributed by atoms with E-state index in [0.717, 1.165) is 10.5 Å². The largest absolute Gasteiger partial charge is 0.361 e. The highest BCUT2D eigenvalue weighted by Crippen LogP contribution is 2.21. The maximum absolute atomic E-state index is 12.1. The van der Waals surface area contributed by atoms with Crippen LogP contribution >= 0.6 is 11.3 Å². The molecule has 1 aromatic carbocycles. The fourth-order valence-corrected chi connectivity index (χ4v) is 3.17. The van der Waals surface area contributed by atoms with Gasteiger partial charge in [0.05, 0.1) is 20.9 Å². The number of para-hydroxylation sites is 1. The van der Waals surface area contributed by atoms with E-state index in [0.29, 0.717) is 30.0 Å². The molecule has 0 saturated heterocycles. The molecule has 0 bridgehead atoms. The number of fused-ring (bicyclic) bond motifs is 1. The molecule has 0 spiro atoms. The summed E-state index contributed by atoms with van der Waals surface area (Å²) in [5.74, 6) is 0.400. The van der Waals surface area contributed by atoms with Crippen molar-refractivity contribution < 1.29 is 9.32 Å². The number of carbonyl (C=O) groups is 1. The van der Waals surface area contributed by atoms with Crippen molar-refractivity contribution in [1.82, 2.24) is 15.5 Å². The number of aromatic nitrogens is 2. The van der Waals surface area contributed by atoms with Gasteiger partial charge in [0, 0.05) is 13.0 Å². The van der Waals surface area contributed by atoms with Crippen LogP contribution in [0.2, 0.25) is 0 Å². The van der Waals surface area contributed by atoms with E-state index in [4.69, 9.17) is 4.52 Å². The number of benzene rings is 1. The molecular weight excluding hydrogens is 286 g/mol. The van der Waals surface area contributed by atoms with Gasteiger partial charge in [-0.25, -0.2) is 4.98 Å². The maximum atomic E-state index is 12.1. The van der Waals surface area contributed by atoms with Gasteiger partial charge in [-0.15, -0.1) is 11.3 Å². The second kappa shape index (κ2) is 5.65. The van der Waals surface area contributed by atoms with Gasteiger partial charge < -0.3 is 9.84 Å². The molecule has 3 aromatic rings. The predicted octanol–water partition coefficient (Wildman–Crippen LogP) is 2.87. The third kappa shape index (κ3) is 2.80. The average Bonchev–Trinajstić information content (AvgIpc) is 3.01. The zero-order valence-corrected chi connectivity index (χ0v) is 12.7. The lowest BCUT2D eigenvalue weighted by Gasteiger charge is -2.02. The molecule has 0 aliphatic carbocycles. The van der Waals surface area contributed by atoms with Crippen LogP contribution in [0.25, 0.3) is 10.2 Å². The van der Waals surface area contributed by atoms with Gasteiger partial charge in [0.25, 0.3) is 5.91 Å². The molecule has 0 aliphatic rings. The van der Waals surface area contributed by atoms with Crippen molar-refractivity contribution in [1.29, 1.82) is 0 Å². The smallest absolute Gasteiger partial charge is 0.256 e. The van der Waals surface area contributed by atoms with E-state index >= 15 is 0 Å². The van der Waals surface area contributed by atoms with Crippen LogP contribution in [0.4, 0.5) is 0 Å². The Balaban J connectivity index is 1.62. The monoisotopic (exact) mass is 301 g/mol. The predicted molar refractivity (Wildman–Crippen MR) is 81.6 cm³/mol. The first-order valence-electron chi connectivity index (χ1n) is 6.70. The molecular formula is C15H15N3O2S. The van der Waals surface area contributed by atoms with Crippen LogP contribution in [0.1, 0.15) is 26.8 Å². The van der Waals surface area contributed by atoms with Crippen molar-refractivity contribution >= 4 is 27.5 Å². The minimum Gasteiger partial charge on any atom is -0.361 e. The van der Waals surface area contributed by atoms with E-state index < -0.39 is 0 Å². The molecule has 108 valence electrons. The number of hydrogen-bond acceptors (Lipinski definition) is 5. The molecule has 3 rings (SSSR count). The van der Waals surface area contributed by atoms with Crippen molar-refractivity contribution in [3.05, 3.63) is 46.3 Å². The molecule has 21 heavy (non-hydrogen) atoms. The van der Waals surface area contributed by atoms with Gasteiger partial charge in [-0.3, -0.25) is 4.79 Å². The first-order valence-corrected chi connectivity index (χ1v) is 7.52. The Morgan fingerprint density at radius 1 is 1.33 bits per heavy atom. The number of rotatable bonds is 4. The van der Waals surface area contributed by atoms with Crippen molar-refractivity contribution in [2.75, 3.05) is 6.54 Å². The maximum Gasteiger partial charge on any atom is 0.256 e. The Kier molecular flexibility index (Phi) is 3.70. The molecule has 0 saturated carbocycles. The topological polar surface area (TPSA) is 68.0 Å². The van der Waals surface area contributed by atoms with Gasteiger partial charge >= 0.3 is 0 Å². The van der Waals surface area contributed by atoms with Crippen LogP contribution in [0.15, 0.2) is 28.8 Å². The molecule has 0 unspecified atom stereocenters. The summed E-state index contributed by atoms with van der Waals surface area (Å²) >= 11 is 1.66. The third-order valence-electron chi connectivity index (χ3n) is 3.22. The van der Waals surface area contributed by atoms with Crippen molar-refractivity contribution in [3.8, 4) is 0 Å². The van der Waals surface area contributed by atoms with Crippen LogP contribution in [0.3, 0.4) is 0 Å². The number of nitrogens with one attached hydrogen (secondary N) is 1. The van der Waals surface area contributed by atoms with E-state index in [-0.39, 0.29) is 5.91 Å². The van der Waals surface area contributed by atoms with Gasteiger partial charge in [-0.1, -0.05) is 17.3 Å². The van der Waals surface area contributed by atoms with Gasteiger partial charge in [-0.05, 0) is 26.0 Å². The second-order valence-corrected chi connectivity index (χ2v) is 5.90. The fourth-order valence-electron chi connectivity index (χ4n) is 2.21. The lowest BCUT2D eigenvalue weighted by atomic mass is 10.2. The van der Waals surface area contributed by atoms with Crippen LogP contribution < -0.4 is 5.32 Å². The Morgan fingerprint density at radius 3 is 2.86 bits per heavy atom. The minimum atomic E-state index is -0.146. The number of aryl methyl sites for hydroxylation is 2. The van der Waals surface area contributed by atoms with Crippen molar-refractivity contribution in [2.24, 2.45) is 0 Å². The summed E-state index contributed by atoms with van der Waals surface area (Å²) in [5, 5.41) is 7.70. The second-order valence-electron chi connectivity index (χ2n) is 4.78. The SMILES string of the molecule is Cc1noc(C)c1C(=O)NCCc1nc2ccccc2s1. The highest BCUT2D eigenvalue weighted by molar-refractivity contribution is 7.18. The van der Waals surface area contributed by atoms with Crippen molar-refractivity contribution in [3.63, 3.8) is 0 Å². The summed E-state index contributed by atoms with van der Waals surface area (Å²) in [6.45, 7) is 4.05. The molecule has 0 radical (unpaired) electrons. The number of nitrogens with zero attached hydrogens (tertiary/aromatic N) is 2. The highest BCUT2D eigenvalue weighted by Gasteiger charge is 2.16. The van der Waals surface area contributed by atoms with Gasteiger partial charge in [0.1, 0.15) is 11.3 Å². The summed E-state index contributed by atoms with van der Waals surface area (Å²) in [7, 11) is 0. The number of amides is 1. The molecule has 2 heterocycles. The van der Waals surface area contributed by atoms with E-state index in [1.807, 2.05) is 18.2 Å². The quantitative estimate of drug-likeness (QED) is 0.804. The van der Waals surface area contributed by atoms with Gasteiger partial charge in [0.15, 0.2) is 0 Å². The Hall–Kier alpha value is -2.21. The normalized spacial score (nSPS) is 11.0. The lowest BCUT2D eigenvalue weighted by Crippen LogP contribution is -2.26. The molecule has 1 amide bonds. The molecule has 0 fully saturated rings. The first kappa shape index (κ1) is 13.8. The van der Waals surface area contributed by atoms with E-state index in [2.05, 4.69) is 21.5 Å². The van der Waals surface area contributed by atoms with Crippen LogP contribution in [-0.2, 0) is 6.42 Å². The zero-order chi connectivity index (χ0) is 14.8. The molecule has 5 nitrogen and oxygen atoms in total.